The molecule has 0 aromatic carbocycles. The van der Waals surface area contributed by atoms with E-state index in [0.717, 1.165) is 0 Å². The van der Waals surface area contributed by atoms with Gasteiger partial charge in [-0.1, -0.05) is 0 Å². The standard InChI is InChI=1S/C10H12F5NO2S/c1-19-3-2-6-5-18-8(17)4-7(16-6)9(11,12)10(13,14)15/h4,6,16H,2-3,5H2,1H3/t6-/m0/s1. The largest absolute Gasteiger partial charge is 0.460 e. The number of nitrogens with one attached hydrogen (secondary N) is 1. The van der Waals surface area contributed by atoms with E-state index in [1.807, 2.05) is 0 Å². The number of hydrogen-bond donors (Lipinski definition) is 1. The van der Waals surface area contributed by atoms with Gasteiger partial charge in [0.15, 0.2) is 0 Å². The number of esters is 1. The molecule has 9 heteroatoms. The van der Waals surface area contributed by atoms with Crippen LogP contribution >= 0.6 is 11.8 Å². The van der Waals surface area contributed by atoms with Crippen molar-refractivity contribution < 1.29 is 31.5 Å². The molecule has 1 rings (SSSR count). The third kappa shape index (κ3) is 3.99. The number of halogens is 5. The number of hydrogen-bond acceptors (Lipinski definition) is 4. The smallest absolute Gasteiger partial charge is 0.459 e. The molecule has 1 aliphatic rings. The first kappa shape index (κ1) is 16.1. The van der Waals surface area contributed by atoms with Crippen LogP contribution in [0.15, 0.2) is 11.8 Å². The Morgan fingerprint density at radius 1 is 1.42 bits per heavy atom. The monoisotopic (exact) mass is 305 g/mol. The number of alkyl halides is 5. The molecule has 0 unspecified atom stereocenters. The number of carbonyl (C=O) groups is 1. The summed E-state index contributed by atoms with van der Waals surface area (Å²) in [5, 5.41) is 2.06. The predicted molar refractivity (Wildman–Crippen MR) is 60.0 cm³/mol. The van der Waals surface area contributed by atoms with Crippen LogP contribution in [-0.4, -0.2) is 42.7 Å². The van der Waals surface area contributed by atoms with Gasteiger partial charge < -0.3 is 10.1 Å². The first-order valence-electron chi connectivity index (χ1n) is 5.27. The Morgan fingerprint density at radius 2 is 2.05 bits per heavy atom. The zero-order valence-electron chi connectivity index (χ0n) is 9.89. The third-order valence-electron chi connectivity index (χ3n) is 2.41. The van der Waals surface area contributed by atoms with Gasteiger partial charge in [-0.2, -0.15) is 33.7 Å². The summed E-state index contributed by atoms with van der Waals surface area (Å²) in [6, 6.07) is -0.765. The van der Waals surface area contributed by atoms with E-state index >= 15 is 0 Å². The van der Waals surface area contributed by atoms with Gasteiger partial charge in [-0.15, -0.1) is 0 Å². The lowest BCUT2D eigenvalue weighted by atomic mass is 10.1. The molecule has 0 fully saturated rings. The summed E-state index contributed by atoms with van der Waals surface area (Å²) >= 11 is 1.41. The van der Waals surface area contributed by atoms with Gasteiger partial charge in [0, 0.05) is 6.08 Å². The molecular formula is C10H12F5NO2S. The van der Waals surface area contributed by atoms with Crippen LogP contribution in [0.25, 0.3) is 0 Å². The SMILES string of the molecule is CSCC[C@H]1COC(=O)C=C(C(F)(F)C(F)(F)F)N1. The minimum absolute atomic E-state index is 0.159. The summed E-state index contributed by atoms with van der Waals surface area (Å²) in [6.07, 6.45) is -3.53. The van der Waals surface area contributed by atoms with Gasteiger partial charge in [-0.25, -0.2) is 4.79 Å². The highest BCUT2D eigenvalue weighted by molar-refractivity contribution is 7.98. The number of ether oxygens (including phenoxy) is 1. The van der Waals surface area contributed by atoms with Crippen molar-refractivity contribution in [3.63, 3.8) is 0 Å². The Bertz CT molecular complexity index is 369. The quantitative estimate of drug-likeness (QED) is 0.639. The first-order valence-corrected chi connectivity index (χ1v) is 6.67. The predicted octanol–water partition coefficient (Wildman–Crippen LogP) is 2.34. The fraction of sp³-hybridized carbons (Fsp3) is 0.700. The van der Waals surface area contributed by atoms with Gasteiger partial charge >= 0.3 is 18.1 Å². The van der Waals surface area contributed by atoms with Crippen LogP contribution in [0.4, 0.5) is 22.0 Å². The van der Waals surface area contributed by atoms with Crippen LogP contribution in [0.5, 0.6) is 0 Å². The van der Waals surface area contributed by atoms with Crippen molar-refractivity contribution in [2.45, 2.75) is 24.6 Å². The summed E-state index contributed by atoms with van der Waals surface area (Å²) in [6.45, 7) is -0.243. The van der Waals surface area contributed by atoms with Crippen LogP contribution in [0, 0.1) is 0 Å². The minimum atomic E-state index is -5.76. The molecule has 1 heterocycles. The normalized spacial score (nSPS) is 21.3. The van der Waals surface area contributed by atoms with Crippen LogP contribution in [-0.2, 0) is 9.53 Å². The molecule has 0 bridgehead atoms. The lowest BCUT2D eigenvalue weighted by molar-refractivity contribution is -0.266. The van der Waals surface area contributed by atoms with Gasteiger partial charge in [0.05, 0.1) is 11.7 Å². The van der Waals surface area contributed by atoms with E-state index in [0.29, 0.717) is 12.2 Å². The van der Waals surface area contributed by atoms with Crippen molar-refractivity contribution in [3.05, 3.63) is 11.8 Å². The van der Waals surface area contributed by atoms with Crippen LogP contribution in [0.3, 0.4) is 0 Å². The number of carbonyl (C=O) groups excluding carboxylic acids is 1. The second-order valence-corrected chi connectivity index (χ2v) is 4.87. The molecule has 0 spiro atoms. The lowest BCUT2D eigenvalue weighted by Gasteiger charge is -2.25. The Labute approximate surface area is 110 Å². The Balaban J connectivity index is 2.92. The molecule has 0 aromatic heterocycles. The van der Waals surface area contributed by atoms with Crippen LogP contribution in [0.1, 0.15) is 6.42 Å². The zero-order valence-corrected chi connectivity index (χ0v) is 10.7. The van der Waals surface area contributed by atoms with E-state index < -0.39 is 29.8 Å². The molecule has 1 N–H and O–H groups in total. The van der Waals surface area contributed by atoms with E-state index in [4.69, 9.17) is 0 Å². The summed E-state index contributed by atoms with van der Waals surface area (Å²) in [7, 11) is 0. The number of allylic oxidation sites excluding steroid dienone is 1. The Hall–Kier alpha value is -0.990. The number of rotatable bonds is 4. The van der Waals surface area contributed by atoms with Gasteiger partial charge in [0.1, 0.15) is 6.61 Å². The molecule has 1 aliphatic heterocycles. The second-order valence-electron chi connectivity index (χ2n) is 3.88. The fourth-order valence-corrected chi connectivity index (χ4v) is 1.92. The fourth-order valence-electron chi connectivity index (χ4n) is 1.40. The summed E-state index contributed by atoms with van der Waals surface area (Å²) in [5.41, 5.74) is -1.46. The summed E-state index contributed by atoms with van der Waals surface area (Å²) < 4.78 is 67.8. The average molecular weight is 305 g/mol. The van der Waals surface area contributed by atoms with Crippen molar-refractivity contribution in [1.82, 2.24) is 5.32 Å². The van der Waals surface area contributed by atoms with Gasteiger partial charge in [-0.3, -0.25) is 0 Å². The van der Waals surface area contributed by atoms with Crippen LogP contribution in [0.2, 0.25) is 0 Å². The Kier molecular flexibility index (Phi) is 5.05. The molecule has 110 valence electrons. The minimum Gasteiger partial charge on any atom is -0.460 e. The van der Waals surface area contributed by atoms with E-state index in [2.05, 4.69) is 10.1 Å². The maximum atomic E-state index is 13.2. The van der Waals surface area contributed by atoms with E-state index in [-0.39, 0.29) is 12.7 Å². The first-order chi connectivity index (χ1) is 8.68. The van der Waals surface area contributed by atoms with Crippen molar-refractivity contribution in [3.8, 4) is 0 Å². The van der Waals surface area contributed by atoms with Gasteiger partial charge in [-0.05, 0) is 18.4 Å². The molecule has 0 aromatic rings. The third-order valence-corrected chi connectivity index (χ3v) is 3.06. The van der Waals surface area contributed by atoms with Crippen molar-refractivity contribution in [2.75, 3.05) is 18.6 Å². The van der Waals surface area contributed by atoms with Crippen molar-refractivity contribution in [2.24, 2.45) is 0 Å². The summed E-state index contributed by atoms with van der Waals surface area (Å²) in [5.74, 6) is -5.77. The molecule has 0 radical (unpaired) electrons. The topological polar surface area (TPSA) is 38.3 Å². The van der Waals surface area contributed by atoms with Gasteiger partial charge in [0.2, 0.25) is 0 Å². The van der Waals surface area contributed by atoms with Crippen molar-refractivity contribution in [1.29, 1.82) is 0 Å². The lowest BCUT2D eigenvalue weighted by Crippen LogP contribution is -2.46. The van der Waals surface area contributed by atoms with E-state index in [1.54, 1.807) is 6.26 Å². The second kappa shape index (κ2) is 5.98. The highest BCUT2D eigenvalue weighted by Crippen LogP contribution is 2.40. The molecule has 0 saturated heterocycles. The number of cyclic esters (lactones) is 1. The molecule has 3 nitrogen and oxygen atoms in total. The molecular weight excluding hydrogens is 293 g/mol. The van der Waals surface area contributed by atoms with Crippen molar-refractivity contribution >= 4 is 17.7 Å². The molecule has 19 heavy (non-hydrogen) atoms. The molecule has 0 aliphatic carbocycles. The highest BCUT2D eigenvalue weighted by atomic mass is 32.2. The number of thioether (sulfide) groups is 1. The Morgan fingerprint density at radius 3 is 2.58 bits per heavy atom. The zero-order chi connectivity index (χ0) is 14.7. The van der Waals surface area contributed by atoms with E-state index in [9.17, 15) is 26.7 Å². The van der Waals surface area contributed by atoms with Gasteiger partial charge in [0.25, 0.3) is 0 Å². The van der Waals surface area contributed by atoms with Crippen LogP contribution < -0.4 is 5.32 Å². The van der Waals surface area contributed by atoms with E-state index in [1.165, 1.54) is 11.8 Å². The maximum absolute atomic E-state index is 13.2. The molecule has 0 saturated carbocycles. The summed E-state index contributed by atoms with van der Waals surface area (Å²) in [4.78, 5) is 11.0. The average Bonchev–Trinajstić information content (AvgIpc) is 2.47. The highest BCUT2D eigenvalue weighted by Gasteiger charge is 2.61. The molecule has 1 atom stereocenters. The maximum Gasteiger partial charge on any atom is 0.459 e. The molecule has 0 amide bonds.